The van der Waals surface area contributed by atoms with Crippen molar-refractivity contribution in [2.75, 3.05) is 7.11 Å². The van der Waals surface area contributed by atoms with Crippen molar-refractivity contribution < 1.29 is 52.7 Å². The summed E-state index contributed by atoms with van der Waals surface area (Å²) in [5, 5.41) is 22.0. The molecule has 0 radical (unpaired) electrons. The van der Waals surface area contributed by atoms with Crippen molar-refractivity contribution in [1.82, 2.24) is 0 Å². The summed E-state index contributed by atoms with van der Waals surface area (Å²) in [5.74, 6) is 0.202. The number of esters is 1. The first-order chi connectivity index (χ1) is 24.7. The summed E-state index contributed by atoms with van der Waals surface area (Å²) in [4.78, 5) is 61.2. The Hall–Kier alpha value is -4.32. The van der Waals surface area contributed by atoms with Gasteiger partial charge >= 0.3 is 23.0 Å². The predicted octanol–water partition coefficient (Wildman–Crippen LogP) is 12.0. The van der Waals surface area contributed by atoms with E-state index < -0.39 is 32.8 Å². The summed E-state index contributed by atoms with van der Waals surface area (Å²) in [5.41, 5.74) is -2.11. The molecular formula is C30H18Cl8N2O13. The number of nitro benzene ring substituents is 2. The second-order valence-electron chi connectivity index (χ2n) is 8.72. The molecule has 15 nitrogen and oxygen atoms in total. The fourth-order valence-electron chi connectivity index (χ4n) is 2.91. The van der Waals surface area contributed by atoms with E-state index >= 15 is 0 Å². The average molecular weight is 898 g/mol. The average Bonchev–Trinajstić information content (AvgIpc) is 3.07. The van der Waals surface area contributed by atoms with Gasteiger partial charge in [-0.15, -0.1) is 0 Å². The Morgan fingerprint density at radius 2 is 0.868 bits per heavy atom. The summed E-state index contributed by atoms with van der Waals surface area (Å²) >= 11 is 43.9. The largest absolute Gasteiger partial charge is 0.513 e. The fourth-order valence-corrected chi connectivity index (χ4v) is 4.23. The van der Waals surface area contributed by atoms with Crippen LogP contribution in [0.4, 0.5) is 25.8 Å². The van der Waals surface area contributed by atoms with E-state index in [0.29, 0.717) is 10.0 Å². The maximum Gasteiger partial charge on any atom is 0.513 e. The minimum atomic E-state index is -0.986. The van der Waals surface area contributed by atoms with Crippen LogP contribution in [0.15, 0.2) is 72.8 Å². The molecule has 282 valence electrons. The van der Waals surface area contributed by atoms with Gasteiger partial charge in [0, 0.05) is 66.5 Å². The number of carbonyl (C=O) groups excluding carboxylic acids is 4. The van der Waals surface area contributed by atoms with Crippen LogP contribution in [-0.4, -0.2) is 39.9 Å². The lowest BCUT2D eigenvalue weighted by Crippen LogP contribution is -2.06. The third-order valence-corrected chi connectivity index (χ3v) is 7.24. The molecule has 0 atom stereocenters. The first-order valence-corrected chi connectivity index (χ1v) is 16.2. The van der Waals surface area contributed by atoms with E-state index in [-0.39, 0.29) is 54.5 Å². The van der Waals surface area contributed by atoms with E-state index in [1.807, 2.05) is 0 Å². The number of nitrogens with zero attached hydrogens (tertiary/aromatic N) is 2. The topological polar surface area (TPSA) is 201 Å². The van der Waals surface area contributed by atoms with Gasteiger partial charge in [0.25, 0.3) is 11.4 Å². The second kappa shape index (κ2) is 23.4. The van der Waals surface area contributed by atoms with Crippen LogP contribution in [0.5, 0.6) is 23.0 Å². The quantitative estimate of drug-likeness (QED) is 0.0337. The van der Waals surface area contributed by atoms with Crippen molar-refractivity contribution in [3.8, 4) is 23.0 Å². The van der Waals surface area contributed by atoms with Crippen LogP contribution in [0, 0.1) is 20.2 Å². The summed E-state index contributed by atoms with van der Waals surface area (Å²) in [6.45, 7) is 1.28. The number of rotatable bonds is 6. The molecule has 0 aliphatic rings. The van der Waals surface area contributed by atoms with Crippen LogP contribution in [0.25, 0.3) is 0 Å². The molecule has 53 heavy (non-hydrogen) atoms. The number of hydrogen-bond acceptors (Lipinski definition) is 13. The number of benzene rings is 4. The Bertz CT molecular complexity index is 1880. The number of methoxy groups -OCH3 is 1. The molecule has 4 rings (SSSR count). The maximum atomic E-state index is 10.6. The Balaban J connectivity index is 0.000000354. The molecule has 0 saturated heterocycles. The molecule has 0 bridgehead atoms. The van der Waals surface area contributed by atoms with Gasteiger partial charge in [0.15, 0.2) is 11.5 Å². The lowest BCUT2D eigenvalue weighted by molar-refractivity contribution is -0.385. The SMILES string of the molecule is CC(=O)Oc1cc(Cl)c(Cl)cc1Cl.COC(=O)Oc1ccc([N+](=O)[O-])cc1.O=C(Cl)Oc1cc(Cl)c(Cl)cc1Cl.O=C(Cl)Oc1ccc([N+](=O)[O-])cc1. The van der Waals surface area contributed by atoms with Crippen LogP contribution in [-0.2, 0) is 9.53 Å². The van der Waals surface area contributed by atoms with E-state index in [1.54, 1.807) is 0 Å². The second-order valence-corrected chi connectivity index (χ2v) is 11.8. The number of non-ortho nitro benzene ring substituents is 2. The van der Waals surface area contributed by atoms with Crippen molar-refractivity contribution in [2.45, 2.75) is 6.92 Å². The fraction of sp³-hybridized carbons (Fsp3) is 0.0667. The number of ether oxygens (including phenoxy) is 5. The van der Waals surface area contributed by atoms with Crippen molar-refractivity contribution in [2.24, 2.45) is 0 Å². The molecule has 0 aliphatic heterocycles. The highest BCUT2D eigenvalue weighted by atomic mass is 35.5. The molecule has 0 aliphatic carbocycles. The van der Waals surface area contributed by atoms with Gasteiger partial charge in [-0.25, -0.2) is 14.4 Å². The normalized spacial score (nSPS) is 9.55. The standard InChI is InChI=1S/C8H5Cl3O2.C8H7NO5.C7H2Cl4O2.C7H4ClNO4/c1-4(12)13-8-3-6(10)5(9)2-7(8)11;1-13-8(10)14-7-4-2-6(3-5-7)9(11)12;8-3-1-5(10)6(2-4(3)9)13-7(11)12;8-7(10)13-6-3-1-5(2-4-6)9(11)12/h2-3H,1H3;2-5H,1H3;1-2H;1-4H. The first-order valence-electron chi connectivity index (χ1n) is 13.2. The molecule has 4 aromatic rings. The van der Waals surface area contributed by atoms with Crippen LogP contribution in [0.1, 0.15) is 6.92 Å². The van der Waals surface area contributed by atoms with Gasteiger partial charge in [0.05, 0.1) is 47.1 Å². The van der Waals surface area contributed by atoms with Crippen LogP contribution >= 0.6 is 92.8 Å². The lowest BCUT2D eigenvalue weighted by atomic mass is 10.3. The molecule has 0 N–H and O–H groups in total. The van der Waals surface area contributed by atoms with Crippen LogP contribution in [0.2, 0.25) is 30.1 Å². The van der Waals surface area contributed by atoms with Gasteiger partial charge < -0.3 is 23.7 Å². The van der Waals surface area contributed by atoms with Crippen LogP contribution in [0.3, 0.4) is 0 Å². The molecule has 0 aromatic heterocycles. The lowest BCUT2D eigenvalue weighted by Gasteiger charge is -2.04. The van der Waals surface area contributed by atoms with E-state index in [1.165, 1.54) is 86.8 Å². The summed E-state index contributed by atoms with van der Waals surface area (Å²) in [6.07, 6.45) is -0.862. The smallest absolute Gasteiger partial charge is 0.437 e. The van der Waals surface area contributed by atoms with Gasteiger partial charge in [0.2, 0.25) is 0 Å². The predicted molar refractivity (Wildman–Crippen MR) is 197 cm³/mol. The van der Waals surface area contributed by atoms with E-state index in [4.69, 9.17) is 97.5 Å². The van der Waals surface area contributed by atoms with Gasteiger partial charge in [-0.1, -0.05) is 69.6 Å². The minimum absolute atomic E-state index is 0.0674. The number of carbonyl (C=O) groups is 4. The Kier molecular flexibility index (Phi) is 20.6. The zero-order chi connectivity index (χ0) is 40.4. The number of hydrogen-bond donors (Lipinski definition) is 0. The zero-order valence-corrected chi connectivity index (χ0v) is 32.2. The summed E-state index contributed by atoms with van der Waals surface area (Å²) in [7, 11) is 1.17. The third-order valence-electron chi connectivity index (χ3n) is 5.05. The molecule has 0 heterocycles. The summed E-state index contributed by atoms with van der Waals surface area (Å²) in [6, 6.07) is 15.6. The van der Waals surface area contributed by atoms with Crippen molar-refractivity contribution in [3.05, 3.63) is 123 Å². The molecule has 23 heteroatoms. The van der Waals surface area contributed by atoms with Gasteiger partial charge in [-0.05, 0) is 36.4 Å². The highest BCUT2D eigenvalue weighted by molar-refractivity contribution is 6.61. The maximum absolute atomic E-state index is 10.6. The molecular weight excluding hydrogens is 880 g/mol. The Morgan fingerprint density at radius 1 is 0.528 bits per heavy atom. The van der Waals surface area contributed by atoms with Crippen molar-refractivity contribution in [1.29, 1.82) is 0 Å². The molecule has 4 aromatic carbocycles. The number of nitro groups is 2. The summed E-state index contributed by atoms with van der Waals surface area (Å²) < 4.78 is 22.6. The van der Waals surface area contributed by atoms with Crippen molar-refractivity contribution in [3.63, 3.8) is 0 Å². The highest BCUT2D eigenvalue weighted by Crippen LogP contribution is 2.35. The highest BCUT2D eigenvalue weighted by Gasteiger charge is 2.11. The molecule has 0 unspecified atom stereocenters. The molecule has 0 fully saturated rings. The van der Waals surface area contributed by atoms with Gasteiger partial charge in [-0.2, -0.15) is 0 Å². The monoisotopic (exact) mass is 894 g/mol. The van der Waals surface area contributed by atoms with Crippen LogP contribution < -0.4 is 18.9 Å². The van der Waals surface area contributed by atoms with E-state index in [9.17, 15) is 39.4 Å². The molecule has 0 spiro atoms. The zero-order valence-electron chi connectivity index (χ0n) is 26.2. The third kappa shape index (κ3) is 18.3. The Morgan fingerprint density at radius 3 is 1.19 bits per heavy atom. The van der Waals surface area contributed by atoms with Gasteiger partial charge in [0.1, 0.15) is 11.5 Å². The Labute approximate surface area is 338 Å². The van der Waals surface area contributed by atoms with Crippen molar-refractivity contribution >= 4 is 127 Å². The molecule has 0 amide bonds. The van der Waals surface area contributed by atoms with E-state index in [0.717, 1.165) is 0 Å². The number of halogens is 8. The van der Waals surface area contributed by atoms with E-state index in [2.05, 4.69) is 18.9 Å². The minimum Gasteiger partial charge on any atom is -0.437 e. The van der Waals surface area contributed by atoms with Gasteiger partial charge in [-0.3, -0.25) is 25.0 Å². The molecule has 0 saturated carbocycles. The first kappa shape index (κ1) is 46.7.